The quantitative estimate of drug-likeness (QED) is 0.747. The van der Waals surface area contributed by atoms with Gasteiger partial charge in [-0.05, 0) is 20.8 Å². The van der Waals surface area contributed by atoms with Crippen LogP contribution in [0, 0.1) is 0 Å². The van der Waals surface area contributed by atoms with Crippen LogP contribution in [0.25, 0.3) is 0 Å². The summed E-state index contributed by atoms with van der Waals surface area (Å²) in [7, 11) is 3.51. The minimum Gasteiger partial charge on any atom is -0.347 e. The summed E-state index contributed by atoms with van der Waals surface area (Å²) in [5.74, 6) is 0.157. The number of hydrogen-bond acceptors (Lipinski definition) is 4. The maximum atomic E-state index is 12.5. The van der Waals surface area contributed by atoms with Gasteiger partial charge in [0.2, 0.25) is 11.8 Å². The Kier molecular flexibility index (Phi) is 6.42. The largest absolute Gasteiger partial charge is 0.347 e. The first-order valence-electron chi connectivity index (χ1n) is 7.40. The van der Waals surface area contributed by atoms with E-state index in [2.05, 4.69) is 5.32 Å². The highest BCUT2D eigenvalue weighted by atomic mass is 16.2. The van der Waals surface area contributed by atoms with Crippen molar-refractivity contribution >= 4 is 11.8 Å². The maximum absolute atomic E-state index is 12.5. The zero-order valence-corrected chi connectivity index (χ0v) is 13.3. The molecule has 0 aromatic heterocycles. The lowest BCUT2D eigenvalue weighted by Gasteiger charge is -2.40. The van der Waals surface area contributed by atoms with Crippen molar-refractivity contribution in [2.75, 3.05) is 46.8 Å². The van der Waals surface area contributed by atoms with Crippen LogP contribution in [0.3, 0.4) is 0 Å². The van der Waals surface area contributed by atoms with E-state index in [4.69, 9.17) is 0 Å². The van der Waals surface area contributed by atoms with Crippen LogP contribution in [-0.4, -0.2) is 85.4 Å². The summed E-state index contributed by atoms with van der Waals surface area (Å²) in [6.07, 6.45) is 0. The topological polar surface area (TPSA) is 55.9 Å². The summed E-state index contributed by atoms with van der Waals surface area (Å²) in [6.45, 7) is 9.42. The Morgan fingerprint density at radius 2 is 1.90 bits per heavy atom. The van der Waals surface area contributed by atoms with Crippen molar-refractivity contribution in [1.29, 1.82) is 0 Å². The van der Waals surface area contributed by atoms with Gasteiger partial charge in [-0.15, -0.1) is 0 Å². The van der Waals surface area contributed by atoms with Crippen LogP contribution in [0.1, 0.15) is 20.8 Å². The highest BCUT2D eigenvalue weighted by molar-refractivity contribution is 5.85. The second-order valence-corrected chi connectivity index (χ2v) is 5.38. The SMILES string of the molecule is CCN(CC)C(=O)C(C)N1CCNCC1C(=O)N(C)C. The molecule has 0 saturated carbocycles. The van der Waals surface area contributed by atoms with Crippen LogP contribution in [0.15, 0.2) is 0 Å². The zero-order valence-electron chi connectivity index (χ0n) is 13.3. The van der Waals surface area contributed by atoms with E-state index >= 15 is 0 Å². The average molecular weight is 284 g/mol. The molecule has 6 heteroatoms. The van der Waals surface area contributed by atoms with Gasteiger partial charge in [-0.25, -0.2) is 0 Å². The lowest BCUT2D eigenvalue weighted by Crippen LogP contribution is -2.62. The van der Waals surface area contributed by atoms with Crippen LogP contribution in [0.5, 0.6) is 0 Å². The predicted octanol–water partition coefficient (Wildman–Crippen LogP) is -0.395. The molecule has 1 N–H and O–H groups in total. The molecule has 1 aliphatic heterocycles. The molecule has 1 heterocycles. The third-order valence-corrected chi connectivity index (χ3v) is 3.94. The molecule has 1 aliphatic rings. The van der Waals surface area contributed by atoms with Crippen LogP contribution in [-0.2, 0) is 9.59 Å². The molecule has 2 unspecified atom stereocenters. The van der Waals surface area contributed by atoms with Crippen molar-refractivity contribution in [2.24, 2.45) is 0 Å². The average Bonchev–Trinajstić information content (AvgIpc) is 2.46. The van der Waals surface area contributed by atoms with Crippen LogP contribution in [0.2, 0.25) is 0 Å². The van der Waals surface area contributed by atoms with Gasteiger partial charge >= 0.3 is 0 Å². The Hall–Kier alpha value is -1.14. The molecule has 2 atom stereocenters. The summed E-state index contributed by atoms with van der Waals surface area (Å²) < 4.78 is 0. The van der Waals surface area contributed by atoms with Gasteiger partial charge in [0.1, 0.15) is 6.04 Å². The monoisotopic (exact) mass is 284 g/mol. The maximum Gasteiger partial charge on any atom is 0.240 e. The molecule has 0 aliphatic carbocycles. The fraction of sp³-hybridized carbons (Fsp3) is 0.857. The number of carbonyl (C=O) groups excluding carboxylic acids is 2. The van der Waals surface area contributed by atoms with Gasteiger partial charge < -0.3 is 15.1 Å². The van der Waals surface area contributed by atoms with E-state index in [9.17, 15) is 9.59 Å². The van der Waals surface area contributed by atoms with E-state index in [0.717, 1.165) is 13.1 Å². The minimum atomic E-state index is -0.258. The fourth-order valence-corrected chi connectivity index (χ4v) is 2.65. The van der Waals surface area contributed by atoms with Gasteiger partial charge in [0, 0.05) is 46.8 Å². The molecule has 0 aromatic rings. The van der Waals surface area contributed by atoms with Gasteiger partial charge in [0.25, 0.3) is 0 Å². The van der Waals surface area contributed by atoms with E-state index in [-0.39, 0.29) is 23.9 Å². The number of nitrogens with zero attached hydrogens (tertiary/aromatic N) is 3. The number of hydrogen-bond donors (Lipinski definition) is 1. The van der Waals surface area contributed by atoms with E-state index < -0.39 is 0 Å². The molecular formula is C14H28N4O2. The number of amides is 2. The van der Waals surface area contributed by atoms with Crippen LogP contribution < -0.4 is 5.32 Å². The van der Waals surface area contributed by atoms with E-state index in [1.165, 1.54) is 0 Å². The van der Waals surface area contributed by atoms with Crippen molar-refractivity contribution in [1.82, 2.24) is 20.0 Å². The summed E-state index contributed by atoms with van der Waals surface area (Å²) in [4.78, 5) is 30.2. The summed E-state index contributed by atoms with van der Waals surface area (Å²) in [5, 5.41) is 3.24. The van der Waals surface area contributed by atoms with Crippen molar-refractivity contribution in [3.05, 3.63) is 0 Å². The standard InChI is InChI=1S/C14H28N4O2/c1-6-17(7-2)13(19)11(3)18-9-8-15-10-12(18)14(20)16(4)5/h11-12,15H,6-10H2,1-5H3. The van der Waals surface area contributed by atoms with E-state index in [1.54, 1.807) is 19.0 Å². The molecule has 0 aromatic carbocycles. The van der Waals surface area contributed by atoms with Crippen LogP contribution in [0.4, 0.5) is 0 Å². The minimum absolute atomic E-state index is 0.0522. The Morgan fingerprint density at radius 1 is 1.30 bits per heavy atom. The van der Waals surface area contributed by atoms with E-state index in [1.807, 2.05) is 30.6 Å². The first kappa shape index (κ1) is 16.9. The highest BCUT2D eigenvalue weighted by Crippen LogP contribution is 2.13. The van der Waals surface area contributed by atoms with Gasteiger partial charge in [0.15, 0.2) is 0 Å². The zero-order chi connectivity index (χ0) is 15.3. The second-order valence-electron chi connectivity index (χ2n) is 5.38. The molecule has 2 amide bonds. The number of carbonyl (C=O) groups is 2. The Morgan fingerprint density at radius 3 is 2.40 bits per heavy atom. The summed E-state index contributed by atoms with van der Waals surface area (Å²) >= 11 is 0. The lowest BCUT2D eigenvalue weighted by atomic mass is 10.1. The predicted molar refractivity (Wildman–Crippen MR) is 79.4 cm³/mol. The molecule has 1 rings (SSSR count). The van der Waals surface area contributed by atoms with Crippen LogP contribution >= 0.6 is 0 Å². The number of likely N-dealkylation sites (N-methyl/N-ethyl adjacent to an activating group) is 2. The first-order chi connectivity index (χ1) is 9.43. The molecular weight excluding hydrogens is 256 g/mol. The molecule has 1 fully saturated rings. The first-order valence-corrected chi connectivity index (χ1v) is 7.40. The molecule has 20 heavy (non-hydrogen) atoms. The lowest BCUT2D eigenvalue weighted by molar-refractivity contribution is -0.142. The normalized spacial score (nSPS) is 21.4. The Labute approximate surface area is 122 Å². The molecule has 0 spiro atoms. The van der Waals surface area contributed by atoms with Gasteiger partial charge in [-0.1, -0.05) is 0 Å². The van der Waals surface area contributed by atoms with Crippen molar-refractivity contribution in [2.45, 2.75) is 32.9 Å². The molecule has 116 valence electrons. The number of piperazine rings is 1. The van der Waals surface area contributed by atoms with Crippen molar-refractivity contribution < 1.29 is 9.59 Å². The Bertz CT molecular complexity index is 342. The van der Waals surface area contributed by atoms with E-state index in [0.29, 0.717) is 19.6 Å². The second kappa shape index (κ2) is 7.59. The van der Waals surface area contributed by atoms with Gasteiger partial charge in [-0.3, -0.25) is 14.5 Å². The highest BCUT2D eigenvalue weighted by Gasteiger charge is 2.36. The van der Waals surface area contributed by atoms with Crippen molar-refractivity contribution in [3.63, 3.8) is 0 Å². The molecule has 0 radical (unpaired) electrons. The van der Waals surface area contributed by atoms with Gasteiger partial charge in [-0.2, -0.15) is 0 Å². The molecule has 0 bridgehead atoms. The summed E-state index contributed by atoms with van der Waals surface area (Å²) in [6, 6.07) is -0.515. The number of rotatable bonds is 5. The third kappa shape index (κ3) is 3.70. The fourth-order valence-electron chi connectivity index (χ4n) is 2.65. The number of nitrogens with one attached hydrogen (secondary N) is 1. The molecule has 6 nitrogen and oxygen atoms in total. The third-order valence-electron chi connectivity index (χ3n) is 3.94. The Balaban J connectivity index is 2.84. The summed E-state index contributed by atoms with van der Waals surface area (Å²) in [5.41, 5.74) is 0. The smallest absolute Gasteiger partial charge is 0.240 e. The van der Waals surface area contributed by atoms with Gasteiger partial charge in [0.05, 0.1) is 6.04 Å². The molecule has 1 saturated heterocycles. The van der Waals surface area contributed by atoms with Crippen molar-refractivity contribution in [3.8, 4) is 0 Å².